The molecule has 38 heavy (non-hydrogen) atoms. The van der Waals surface area contributed by atoms with Gasteiger partial charge in [-0.2, -0.15) is 9.78 Å². The van der Waals surface area contributed by atoms with Crippen molar-refractivity contribution in [2.75, 3.05) is 5.32 Å². The van der Waals surface area contributed by atoms with Gasteiger partial charge >= 0.3 is 0 Å². The average Bonchev–Trinajstić information content (AvgIpc) is 3.26. The molecule has 5 rings (SSSR count). The maximum atomic E-state index is 13.5. The molecule has 1 atom stereocenters. The number of carbonyl (C=O) groups excluding carboxylic acids is 1. The molecule has 1 amide bonds. The van der Waals surface area contributed by atoms with Gasteiger partial charge in [0.2, 0.25) is 5.91 Å². The van der Waals surface area contributed by atoms with Crippen LogP contribution in [0.5, 0.6) is 0 Å². The number of benzene rings is 3. The number of aromatic nitrogens is 3. The second-order valence-corrected chi connectivity index (χ2v) is 10.4. The van der Waals surface area contributed by atoms with Crippen LogP contribution >= 0.6 is 27.5 Å². The first-order chi connectivity index (χ1) is 18.3. The monoisotopic (exact) mass is 589 g/mol. The molecular weight excluding hydrogens is 566 g/mol. The minimum absolute atomic E-state index is 0.0332. The molecule has 0 fully saturated rings. The van der Waals surface area contributed by atoms with Gasteiger partial charge in [0.1, 0.15) is 12.4 Å². The number of halogens is 2. The molecule has 0 radical (unpaired) electrons. The van der Waals surface area contributed by atoms with E-state index in [0.717, 1.165) is 27.4 Å². The van der Waals surface area contributed by atoms with E-state index in [1.54, 1.807) is 36.5 Å². The smallest absolute Gasteiger partial charge is 0.282 e. The third kappa shape index (κ3) is 5.28. The van der Waals surface area contributed by atoms with Crippen molar-refractivity contribution in [3.63, 3.8) is 0 Å². The zero-order valence-corrected chi connectivity index (χ0v) is 23.2. The lowest BCUT2D eigenvalue weighted by atomic mass is 10.1. The molecular formula is C29H25BrClN5O2. The third-order valence-corrected chi connectivity index (χ3v) is 7.21. The Balaban J connectivity index is 1.52. The summed E-state index contributed by atoms with van der Waals surface area (Å²) in [7, 11) is 0. The highest BCUT2D eigenvalue weighted by Crippen LogP contribution is 2.23. The van der Waals surface area contributed by atoms with Gasteiger partial charge in [0.15, 0.2) is 0 Å². The van der Waals surface area contributed by atoms with Crippen LogP contribution in [0.4, 0.5) is 5.69 Å². The van der Waals surface area contributed by atoms with Crippen molar-refractivity contribution in [1.29, 1.82) is 0 Å². The largest absolute Gasteiger partial charge is 0.337 e. The number of rotatable bonds is 7. The Labute approximate surface area is 232 Å². The topological polar surface area (TPSA) is 81.3 Å². The molecule has 1 N–H and O–H groups in total. The minimum Gasteiger partial charge on any atom is -0.337 e. The molecule has 9 heteroatoms. The number of anilines is 1. The summed E-state index contributed by atoms with van der Waals surface area (Å²) >= 11 is 9.39. The number of amides is 1. The third-order valence-electron chi connectivity index (χ3n) is 6.46. The van der Waals surface area contributed by atoms with Crippen molar-refractivity contribution in [3.8, 4) is 0 Å². The number of hydrogen-bond acceptors (Lipinski definition) is 4. The van der Waals surface area contributed by atoms with E-state index < -0.39 is 0 Å². The van der Waals surface area contributed by atoms with Gasteiger partial charge in [-0.3, -0.25) is 9.59 Å². The quantitative estimate of drug-likeness (QED) is 0.212. The molecule has 2 aromatic heterocycles. The zero-order chi connectivity index (χ0) is 26.8. The standard InChI is InChI=1S/C29H25BrClN5O2/c1-3-18(2)28-34-25-13-8-20(30)14-24(25)29(38)36(28)32-15-19-16-35(26-7-5-4-6-23(19)26)17-27(37)33-22-11-9-21(31)10-12-22/h4-16,18H,3,17H2,1-2H3,(H,33,37)/t18-/m1/s1. The number of fused-ring (bicyclic) bond motifs is 2. The van der Waals surface area contributed by atoms with Crippen LogP contribution in [-0.4, -0.2) is 26.3 Å². The Bertz CT molecular complexity index is 1740. The van der Waals surface area contributed by atoms with E-state index >= 15 is 0 Å². The molecule has 2 heterocycles. The molecule has 0 unspecified atom stereocenters. The highest BCUT2D eigenvalue weighted by molar-refractivity contribution is 9.10. The second-order valence-electron chi connectivity index (χ2n) is 9.09. The fraction of sp³-hybridized carbons (Fsp3) is 0.172. The predicted molar refractivity (Wildman–Crippen MR) is 157 cm³/mol. The first-order valence-electron chi connectivity index (χ1n) is 12.2. The maximum absolute atomic E-state index is 13.5. The summed E-state index contributed by atoms with van der Waals surface area (Å²) in [6.45, 7) is 4.20. The van der Waals surface area contributed by atoms with Gasteiger partial charge in [-0.1, -0.05) is 59.6 Å². The van der Waals surface area contributed by atoms with Crippen molar-refractivity contribution >= 4 is 67.1 Å². The van der Waals surface area contributed by atoms with E-state index in [1.807, 2.05) is 54.1 Å². The Kier molecular flexibility index (Phi) is 7.44. The van der Waals surface area contributed by atoms with Gasteiger partial charge in [0.25, 0.3) is 5.56 Å². The second kappa shape index (κ2) is 10.9. The molecule has 0 aliphatic rings. The van der Waals surface area contributed by atoms with Gasteiger partial charge < -0.3 is 9.88 Å². The van der Waals surface area contributed by atoms with Crippen LogP contribution in [0.2, 0.25) is 5.02 Å². The highest BCUT2D eigenvalue weighted by Gasteiger charge is 2.16. The van der Waals surface area contributed by atoms with Crippen LogP contribution in [0, 0.1) is 0 Å². The van der Waals surface area contributed by atoms with E-state index in [9.17, 15) is 9.59 Å². The normalized spacial score (nSPS) is 12.4. The molecule has 192 valence electrons. The van der Waals surface area contributed by atoms with Crippen LogP contribution in [0.1, 0.15) is 37.6 Å². The summed E-state index contributed by atoms with van der Waals surface area (Å²) in [4.78, 5) is 31.0. The molecule has 0 saturated heterocycles. The summed E-state index contributed by atoms with van der Waals surface area (Å²) in [6, 6.07) is 20.2. The zero-order valence-electron chi connectivity index (χ0n) is 20.9. The summed E-state index contributed by atoms with van der Waals surface area (Å²) in [5, 5.41) is 9.53. The van der Waals surface area contributed by atoms with E-state index in [1.165, 1.54) is 4.68 Å². The van der Waals surface area contributed by atoms with E-state index in [0.29, 0.717) is 27.4 Å². The number of nitrogens with one attached hydrogen (secondary N) is 1. The lowest BCUT2D eigenvalue weighted by Crippen LogP contribution is -2.23. The van der Waals surface area contributed by atoms with Crippen LogP contribution in [-0.2, 0) is 11.3 Å². The SMILES string of the molecule is CC[C@@H](C)c1nc2ccc(Br)cc2c(=O)n1N=Cc1cn(CC(=O)Nc2ccc(Cl)cc2)c2ccccc12. The molecule has 3 aromatic carbocycles. The summed E-state index contributed by atoms with van der Waals surface area (Å²) in [5.74, 6) is 0.469. The van der Waals surface area contributed by atoms with Crippen molar-refractivity contribution in [3.05, 3.63) is 104 Å². The van der Waals surface area contributed by atoms with E-state index in [2.05, 4.69) is 33.3 Å². The fourth-order valence-corrected chi connectivity index (χ4v) is 4.78. The Morgan fingerprint density at radius 2 is 1.89 bits per heavy atom. The van der Waals surface area contributed by atoms with E-state index in [-0.39, 0.29) is 23.9 Å². The molecule has 7 nitrogen and oxygen atoms in total. The average molecular weight is 591 g/mol. The maximum Gasteiger partial charge on any atom is 0.282 e. The first-order valence-corrected chi connectivity index (χ1v) is 13.4. The predicted octanol–water partition coefficient (Wildman–Crippen LogP) is 6.80. The van der Waals surface area contributed by atoms with Crippen molar-refractivity contribution in [2.24, 2.45) is 5.10 Å². The molecule has 0 saturated carbocycles. The van der Waals surface area contributed by atoms with Crippen molar-refractivity contribution in [1.82, 2.24) is 14.2 Å². The molecule has 0 spiro atoms. The number of nitrogens with zero attached hydrogens (tertiary/aromatic N) is 4. The Hall–Kier alpha value is -3.75. The van der Waals surface area contributed by atoms with Crippen LogP contribution < -0.4 is 10.9 Å². The lowest BCUT2D eigenvalue weighted by Gasteiger charge is -2.13. The molecule has 0 aliphatic heterocycles. The van der Waals surface area contributed by atoms with E-state index in [4.69, 9.17) is 16.6 Å². The van der Waals surface area contributed by atoms with Crippen LogP contribution in [0.15, 0.2) is 87.3 Å². The number of carbonyl (C=O) groups is 1. The van der Waals surface area contributed by atoms with Crippen molar-refractivity contribution in [2.45, 2.75) is 32.7 Å². The van der Waals surface area contributed by atoms with Gasteiger partial charge in [0, 0.05) is 43.8 Å². The molecule has 5 aromatic rings. The fourth-order valence-electron chi connectivity index (χ4n) is 4.30. The number of hydrogen-bond donors (Lipinski definition) is 1. The van der Waals surface area contributed by atoms with Gasteiger partial charge in [0.05, 0.1) is 17.1 Å². The molecule has 0 aliphatic carbocycles. The summed E-state index contributed by atoms with van der Waals surface area (Å²) in [5.41, 5.74) is 2.76. The Morgan fingerprint density at radius 1 is 1.13 bits per heavy atom. The number of para-hydroxylation sites is 1. The van der Waals surface area contributed by atoms with Gasteiger partial charge in [-0.15, -0.1) is 0 Å². The highest BCUT2D eigenvalue weighted by atomic mass is 79.9. The molecule has 0 bridgehead atoms. The van der Waals surface area contributed by atoms with Gasteiger partial charge in [-0.05, 0) is 55.0 Å². The Morgan fingerprint density at radius 3 is 2.66 bits per heavy atom. The van der Waals surface area contributed by atoms with Gasteiger partial charge in [-0.25, -0.2) is 4.98 Å². The van der Waals surface area contributed by atoms with Crippen LogP contribution in [0.25, 0.3) is 21.8 Å². The lowest BCUT2D eigenvalue weighted by molar-refractivity contribution is -0.116. The van der Waals surface area contributed by atoms with Crippen LogP contribution in [0.3, 0.4) is 0 Å². The van der Waals surface area contributed by atoms with Crippen molar-refractivity contribution < 1.29 is 4.79 Å². The minimum atomic E-state index is -0.228. The summed E-state index contributed by atoms with van der Waals surface area (Å²) in [6.07, 6.45) is 4.34. The first kappa shape index (κ1) is 25.9. The summed E-state index contributed by atoms with van der Waals surface area (Å²) < 4.78 is 4.06.